The van der Waals surface area contributed by atoms with Gasteiger partial charge in [0.1, 0.15) is 5.76 Å². The Morgan fingerprint density at radius 2 is 1.89 bits per heavy atom. The molecule has 0 saturated carbocycles. The lowest BCUT2D eigenvalue weighted by molar-refractivity contribution is 0.592. The van der Waals surface area contributed by atoms with E-state index in [2.05, 4.69) is 40.5 Å². The molecule has 0 fully saturated rings. The zero-order chi connectivity index (χ0) is 19.6. The molecule has 0 bridgehead atoms. The topological polar surface area (TPSA) is 155 Å². The van der Waals surface area contributed by atoms with Crippen LogP contribution in [0.5, 0.6) is 0 Å². The summed E-state index contributed by atoms with van der Waals surface area (Å²) in [5.41, 5.74) is 1.29. The molecule has 3 N–H and O–H groups in total. The van der Waals surface area contributed by atoms with E-state index in [1.54, 1.807) is 30.3 Å². The van der Waals surface area contributed by atoms with Gasteiger partial charge in [-0.2, -0.15) is 10.2 Å². The van der Waals surface area contributed by atoms with E-state index in [1.807, 2.05) is 6.07 Å². The van der Waals surface area contributed by atoms with Gasteiger partial charge in [-0.3, -0.25) is 9.82 Å². The third-order valence-electron chi connectivity index (χ3n) is 3.50. The lowest BCUT2D eigenvalue weighted by Crippen LogP contribution is -2.09. The first-order valence-corrected chi connectivity index (χ1v) is 10.8. The summed E-state index contributed by atoms with van der Waals surface area (Å²) < 4.78 is 30.8. The maximum absolute atomic E-state index is 11.3. The van der Waals surface area contributed by atoms with Crippen LogP contribution in [-0.4, -0.2) is 50.5 Å². The number of nitrogens with zero attached hydrogens (tertiary/aromatic N) is 5. The zero-order valence-corrected chi connectivity index (χ0v) is 16.1. The average molecular weight is 418 g/mol. The van der Waals surface area contributed by atoms with Gasteiger partial charge in [0.25, 0.3) is 0 Å². The summed E-state index contributed by atoms with van der Waals surface area (Å²) in [6, 6.07) is 10.5. The SMILES string of the molecule is CS(=O)(=O)Nc1ccc(-c2ccc(-c3nc(SCc4nn[nH]n4)n[nH]3)o2)cc1. The van der Waals surface area contributed by atoms with Gasteiger partial charge in [0.15, 0.2) is 17.4 Å². The molecule has 0 saturated heterocycles. The van der Waals surface area contributed by atoms with Crippen molar-refractivity contribution >= 4 is 27.5 Å². The third kappa shape index (κ3) is 4.37. The number of aromatic amines is 2. The van der Waals surface area contributed by atoms with E-state index in [9.17, 15) is 8.42 Å². The van der Waals surface area contributed by atoms with E-state index >= 15 is 0 Å². The predicted molar refractivity (Wildman–Crippen MR) is 102 cm³/mol. The molecule has 0 amide bonds. The van der Waals surface area contributed by atoms with Crippen molar-refractivity contribution in [1.82, 2.24) is 35.8 Å². The lowest BCUT2D eigenvalue weighted by Gasteiger charge is -2.04. The van der Waals surface area contributed by atoms with Gasteiger partial charge in [-0.15, -0.1) is 15.3 Å². The highest BCUT2D eigenvalue weighted by atomic mass is 32.2. The van der Waals surface area contributed by atoms with Gasteiger partial charge in [-0.1, -0.05) is 17.0 Å². The minimum atomic E-state index is -3.31. The third-order valence-corrected chi connectivity index (χ3v) is 4.95. The number of tetrazole rings is 1. The Balaban J connectivity index is 1.45. The molecule has 0 aliphatic carbocycles. The minimum Gasteiger partial charge on any atom is -0.453 e. The minimum absolute atomic E-state index is 0.483. The molecule has 0 unspecified atom stereocenters. The molecule has 0 aliphatic heterocycles. The first-order valence-electron chi connectivity index (χ1n) is 7.92. The van der Waals surface area contributed by atoms with E-state index in [0.717, 1.165) is 11.8 Å². The molecule has 1 aromatic carbocycles. The Bertz CT molecular complexity index is 1170. The Hall–Kier alpha value is -3.19. The van der Waals surface area contributed by atoms with Gasteiger partial charge in [-0.25, -0.2) is 8.42 Å². The molecule has 13 heteroatoms. The van der Waals surface area contributed by atoms with Crippen LogP contribution in [0.1, 0.15) is 5.82 Å². The normalized spacial score (nSPS) is 11.6. The standard InChI is InChI=1S/C15H14N8O3S2/c1-28(24,25)21-10-4-2-9(3-5-10)11-6-7-12(26-11)14-16-15(20-19-14)27-8-13-17-22-23-18-13/h2-7,21H,8H2,1H3,(H,16,19,20)(H,17,18,22,23). The summed E-state index contributed by atoms with van der Waals surface area (Å²) in [6.07, 6.45) is 1.10. The number of hydrogen-bond donors (Lipinski definition) is 3. The van der Waals surface area contributed by atoms with Crippen LogP contribution < -0.4 is 4.72 Å². The second-order valence-corrected chi connectivity index (χ2v) is 8.39. The van der Waals surface area contributed by atoms with Crippen LogP contribution in [-0.2, 0) is 15.8 Å². The molecule has 28 heavy (non-hydrogen) atoms. The maximum atomic E-state index is 11.3. The van der Waals surface area contributed by atoms with Crippen molar-refractivity contribution in [2.45, 2.75) is 10.9 Å². The fraction of sp³-hybridized carbons (Fsp3) is 0.133. The second-order valence-electron chi connectivity index (χ2n) is 5.70. The number of thioether (sulfide) groups is 1. The molecule has 0 aliphatic rings. The lowest BCUT2D eigenvalue weighted by atomic mass is 10.1. The van der Waals surface area contributed by atoms with Crippen LogP contribution in [0, 0.1) is 0 Å². The summed E-state index contributed by atoms with van der Waals surface area (Å²) in [5.74, 6) is 2.71. The fourth-order valence-corrected chi connectivity index (χ4v) is 3.54. The Labute approximate surface area is 163 Å². The van der Waals surface area contributed by atoms with Crippen LogP contribution in [0.25, 0.3) is 22.9 Å². The van der Waals surface area contributed by atoms with Crippen molar-refractivity contribution < 1.29 is 12.8 Å². The van der Waals surface area contributed by atoms with Crippen LogP contribution in [0.3, 0.4) is 0 Å². The van der Waals surface area contributed by atoms with E-state index < -0.39 is 10.0 Å². The quantitative estimate of drug-likeness (QED) is 0.381. The van der Waals surface area contributed by atoms with Crippen molar-refractivity contribution in [2.75, 3.05) is 11.0 Å². The van der Waals surface area contributed by atoms with Gasteiger partial charge < -0.3 is 4.42 Å². The highest BCUT2D eigenvalue weighted by molar-refractivity contribution is 7.98. The van der Waals surface area contributed by atoms with Gasteiger partial charge in [0.2, 0.25) is 15.2 Å². The number of furan rings is 1. The zero-order valence-electron chi connectivity index (χ0n) is 14.4. The van der Waals surface area contributed by atoms with Crippen molar-refractivity contribution in [3.05, 3.63) is 42.2 Å². The summed E-state index contributed by atoms with van der Waals surface area (Å²) in [6.45, 7) is 0. The van der Waals surface area contributed by atoms with E-state index in [1.165, 1.54) is 11.8 Å². The molecular weight excluding hydrogens is 404 g/mol. The van der Waals surface area contributed by atoms with Crippen molar-refractivity contribution in [2.24, 2.45) is 0 Å². The monoisotopic (exact) mass is 418 g/mol. The molecule has 0 radical (unpaired) electrons. The molecule has 3 heterocycles. The van der Waals surface area contributed by atoms with Crippen LogP contribution >= 0.6 is 11.8 Å². The maximum Gasteiger partial charge on any atom is 0.229 e. The molecule has 4 rings (SSSR count). The first-order chi connectivity index (χ1) is 13.5. The summed E-state index contributed by atoms with van der Waals surface area (Å²) in [4.78, 5) is 4.38. The Morgan fingerprint density at radius 3 is 2.61 bits per heavy atom. The molecule has 3 aromatic heterocycles. The Morgan fingerprint density at radius 1 is 1.11 bits per heavy atom. The van der Waals surface area contributed by atoms with Gasteiger partial charge in [0.05, 0.1) is 12.0 Å². The average Bonchev–Trinajstić information content (AvgIpc) is 3.40. The van der Waals surface area contributed by atoms with Crippen molar-refractivity contribution in [3.63, 3.8) is 0 Å². The second kappa shape index (κ2) is 7.44. The highest BCUT2D eigenvalue weighted by Crippen LogP contribution is 2.28. The number of aromatic nitrogens is 7. The number of benzene rings is 1. The number of nitrogens with one attached hydrogen (secondary N) is 3. The molecule has 11 nitrogen and oxygen atoms in total. The number of H-pyrrole nitrogens is 2. The van der Waals surface area contributed by atoms with E-state index in [4.69, 9.17) is 4.42 Å². The number of sulfonamides is 1. The van der Waals surface area contributed by atoms with E-state index in [0.29, 0.717) is 39.8 Å². The molecule has 0 spiro atoms. The van der Waals surface area contributed by atoms with Gasteiger partial charge in [0, 0.05) is 11.3 Å². The Kier molecular flexibility index (Phi) is 4.83. The largest absolute Gasteiger partial charge is 0.453 e. The number of rotatable bonds is 7. The number of anilines is 1. The molecule has 4 aromatic rings. The van der Waals surface area contributed by atoms with Crippen molar-refractivity contribution in [1.29, 1.82) is 0 Å². The van der Waals surface area contributed by atoms with Crippen molar-refractivity contribution in [3.8, 4) is 22.9 Å². The smallest absolute Gasteiger partial charge is 0.229 e. The summed E-state index contributed by atoms with van der Waals surface area (Å²) in [7, 11) is -3.31. The van der Waals surface area contributed by atoms with Crippen LogP contribution in [0.4, 0.5) is 5.69 Å². The van der Waals surface area contributed by atoms with Gasteiger partial charge >= 0.3 is 0 Å². The molecular formula is C15H14N8O3S2. The summed E-state index contributed by atoms with van der Waals surface area (Å²) >= 11 is 1.37. The predicted octanol–water partition coefficient (Wildman–Crippen LogP) is 1.91. The highest BCUT2D eigenvalue weighted by Gasteiger charge is 2.13. The summed E-state index contributed by atoms with van der Waals surface area (Å²) in [5, 5.41) is 21.1. The van der Waals surface area contributed by atoms with Crippen LogP contribution in [0.2, 0.25) is 0 Å². The van der Waals surface area contributed by atoms with E-state index in [-0.39, 0.29) is 0 Å². The molecule has 0 atom stereocenters. The number of hydrogen-bond acceptors (Lipinski definition) is 9. The van der Waals surface area contributed by atoms with Gasteiger partial charge in [-0.05, 0) is 36.4 Å². The first kappa shape index (κ1) is 18.2. The molecule has 144 valence electrons. The fourth-order valence-electron chi connectivity index (χ4n) is 2.33. The van der Waals surface area contributed by atoms with Crippen LogP contribution in [0.15, 0.2) is 46.0 Å².